The lowest BCUT2D eigenvalue weighted by Crippen LogP contribution is -2.37. The first-order valence-electron chi connectivity index (χ1n) is 10.8. The van der Waals surface area contributed by atoms with Gasteiger partial charge in [-0.25, -0.2) is 0 Å². The molecule has 0 bridgehead atoms. The number of allylic oxidation sites excluding steroid dienone is 2. The van der Waals surface area contributed by atoms with Gasteiger partial charge in [0, 0.05) is 23.9 Å². The lowest BCUT2D eigenvalue weighted by Gasteiger charge is -2.39. The highest BCUT2D eigenvalue weighted by atomic mass is 32.2. The maximum absolute atomic E-state index is 13.4. The third kappa shape index (κ3) is 3.38. The van der Waals surface area contributed by atoms with Gasteiger partial charge in [-0.05, 0) is 67.2 Å². The van der Waals surface area contributed by atoms with E-state index in [1.807, 2.05) is 11.0 Å². The highest BCUT2D eigenvalue weighted by Gasteiger charge is 2.39. The second-order valence-corrected chi connectivity index (χ2v) is 9.25. The van der Waals surface area contributed by atoms with Crippen LogP contribution in [-0.2, 0) is 0 Å². The monoisotopic (exact) mass is 404 g/mol. The third-order valence-electron chi connectivity index (χ3n) is 6.75. The van der Waals surface area contributed by atoms with Crippen molar-refractivity contribution in [3.8, 4) is 0 Å². The van der Waals surface area contributed by atoms with Crippen LogP contribution in [0.1, 0.15) is 59.1 Å². The van der Waals surface area contributed by atoms with Crippen LogP contribution in [0.5, 0.6) is 0 Å². The van der Waals surface area contributed by atoms with Crippen LogP contribution in [0.4, 0.5) is 5.69 Å². The van der Waals surface area contributed by atoms with Crippen LogP contribution in [0.3, 0.4) is 0 Å². The number of nitrogens with zero attached hydrogens (tertiary/aromatic N) is 1. The van der Waals surface area contributed by atoms with Gasteiger partial charge in [0.25, 0.3) is 5.91 Å². The van der Waals surface area contributed by atoms with Crippen molar-refractivity contribution >= 4 is 23.4 Å². The van der Waals surface area contributed by atoms with Gasteiger partial charge in [0.15, 0.2) is 0 Å². The molecule has 5 rings (SSSR count). The molecule has 1 amide bonds. The molecule has 2 aromatic carbocycles. The van der Waals surface area contributed by atoms with Crippen molar-refractivity contribution in [2.45, 2.75) is 42.5 Å². The average molecular weight is 405 g/mol. The molecule has 3 aliphatic rings. The summed E-state index contributed by atoms with van der Waals surface area (Å²) in [5.41, 5.74) is 4.49. The number of amides is 1. The molecule has 0 saturated carbocycles. The Kier molecular flexibility index (Phi) is 5.13. The number of piperidine rings is 1. The lowest BCUT2D eigenvalue weighted by atomic mass is 9.76. The van der Waals surface area contributed by atoms with Gasteiger partial charge in [-0.15, -0.1) is 11.8 Å². The minimum absolute atomic E-state index is 0.186. The first kappa shape index (κ1) is 18.8. The highest BCUT2D eigenvalue weighted by molar-refractivity contribution is 7.98. The molecule has 0 aromatic heterocycles. The van der Waals surface area contributed by atoms with Gasteiger partial charge in [-0.2, -0.15) is 0 Å². The molecule has 3 unspecified atom stereocenters. The molecule has 4 heteroatoms. The summed E-state index contributed by atoms with van der Waals surface area (Å²) in [5.74, 6) is 1.07. The Morgan fingerprint density at radius 1 is 1.07 bits per heavy atom. The quantitative estimate of drug-likeness (QED) is 0.514. The van der Waals surface area contributed by atoms with E-state index < -0.39 is 0 Å². The summed E-state index contributed by atoms with van der Waals surface area (Å²) in [6.07, 6.45) is 11.3. The van der Waals surface area contributed by atoms with Crippen molar-refractivity contribution in [1.29, 1.82) is 0 Å². The van der Waals surface area contributed by atoms with Crippen molar-refractivity contribution in [1.82, 2.24) is 4.90 Å². The first-order chi connectivity index (χ1) is 14.3. The van der Waals surface area contributed by atoms with E-state index in [2.05, 4.69) is 60.1 Å². The van der Waals surface area contributed by atoms with Gasteiger partial charge in [-0.3, -0.25) is 4.79 Å². The number of benzene rings is 2. The fourth-order valence-electron chi connectivity index (χ4n) is 5.21. The Morgan fingerprint density at radius 2 is 1.86 bits per heavy atom. The second kappa shape index (κ2) is 7.91. The molecule has 3 atom stereocenters. The van der Waals surface area contributed by atoms with Gasteiger partial charge in [-0.1, -0.05) is 36.4 Å². The van der Waals surface area contributed by atoms with E-state index in [1.165, 1.54) is 22.4 Å². The average Bonchev–Trinajstić information content (AvgIpc) is 3.29. The highest BCUT2D eigenvalue weighted by Crippen LogP contribution is 2.50. The summed E-state index contributed by atoms with van der Waals surface area (Å²) in [4.78, 5) is 16.7. The summed E-state index contributed by atoms with van der Waals surface area (Å²) in [6.45, 7) is 1.77. The molecule has 1 aliphatic carbocycles. The van der Waals surface area contributed by atoms with E-state index in [0.717, 1.165) is 43.6 Å². The maximum atomic E-state index is 13.4. The smallest absolute Gasteiger partial charge is 0.255 e. The van der Waals surface area contributed by atoms with Crippen LogP contribution in [-0.4, -0.2) is 30.2 Å². The number of carbonyl (C=O) groups is 1. The van der Waals surface area contributed by atoms with Gasteiger partial charge < -0.3 is 10.2 Å². The second-order valence-electron chi connectivity index (χ2n) is 8.37. The lowest BCUT2D eigenvalue weighted by molar-refractivity contribution is 0.0725. The zero-order chi connectivity index (χ0) is 19.8. The number of rotatable bonds is 3. The number of thioether (sulfide) groups is 1. The SMILES string of the molecule is CSc1ccc(C2Nc3c(C(=O)N4CCCCC4)cccc3C3C=CCC32)cc1. The van der Waals surface area contributed by atoms with Crippen LogP contribution >= 0.6 is 11.8 Å². The van der Waals surface area contributed by atoms with Crippen LogP contribution in [0.2, 0.25) is 0 Å². The van der Waals surface area contributed by atoms with Crippen LogP contribution in [0.25, 0.3) is 0 Å². The van der Waals surface area contributed by atoms with Crippen molar-refractivity contribution in [2.24, 2.45) is 5.92 Å². The van der Waals surface area contributed by atoms with Crippen molar-refractivity contribution < 1.29 is 4.79 Å². The van der Waals surface area contributed by atoms with Crippen molar-refractivity contribution in [2.75, 3.05) is 24.7 Å². The number of para-hydroxylation sites is 1. The number of carbonyl (C=O) groups excluding carboxylic acids is 1. The fourth-order valence-corrected chi connectivity index (χ4v) is 5.62. The Bertz CT molecular complexity index is 930. The molecule has 1 N–H and O–H groups in total. The molecule has 150 valence electrons. The number of fused-ring (bicyclic) bond motifs is 3. The summed E-state index contributed by atoms with van der Waals surface area (Å²) in [6, 6.07) is 15.4. The predicted molar refractivity (Wildman–Crippen MR) is 121 cm³/mol. The van der Waals surface area contributed by atoms with Crippen LogP contribution in [0, 0.1) is 5.92 Å². The van der Waals surface area contributed by atoms with E-state index in [9.17, 15) is 4.79 Å². The van der Waals surface area contributed by atoms with Crippen LogP contribution in [0.15, 0.2) is 59.5 Å². The molecule has 1 saturated heterocycles. The molecule has 29 heavy (non-hydrogen) atoms. The number of anilines is 1. The molecule has 2 aromatic rings. The topological polar surface area (TPSA) is 32.3 Å². The fraction of sp³-hybridized carbons (Fsp3) is 0.400. The molecule has 3 nitrogen and oxygen atoms in total. The van der Waals surface area contributed by atoms with Gasteiger partial charge in [0.2, 0.25) is 0 Å². The summed E-state index contributed by atoms with van der Waals surface area (Å²) < 4.78 is 0. The van der Waals surface area contributed by atoms with Crippen LogP contribution < -0.4 is 5.32 Å². The minimum Gasteiger partial charge on any atom is -0.377 e. The largest absolute Gasteiger partial charge is 0.377 e. The Labute approximate surface area is 177 Å². The van der Waals surface area contributed by atoms with E-state index in [1.54, 1.807) is 11.8 Å². The van der Waals surface area contributed by atoms with Gasteiger partial charge in [0.1, 0.15) is 0 Å². The molecular weight excluding hydrogens is 376 g/mol. The third-order valence-corrected chi connectivity index (χ3v) is 7.49. The molecule has 2 heterocycles. The van der Waals surface area contributed by atoms with Crippen molar-refractivity contribution in [3.05, 3.63) is 71.3 Å². The molecular formula is C25H28N2OS. The first-order valence-corrected chi connectivity index (χ1v) is 12.0. The van der Waals surface area contributed by atoms with Gasteiger partial charge in [0.05, 0.1) is 17.3 Å². The van der Waals surface area contributed by atoms with Gasteiger partial charge >= 0.3 is 0 Å². The zero-order valence-electron chi connectivity index (χ0n) is 16.9. The predicted octanol–water partition coefficient (Wildman–Crippen LogP) is 5.86. The number of hydrogen-bond donors (Lipinski definition) is 1. The van der Waals surface area contributed by atoms with E-state index in [-0.39, 0.29) is 11.9 Å². The number of likely N-dealkylation sites (tertiary alicyclic amines) is 1. The van der Waals surface area contributed by atoms with Crippen molar-refractivity contribution in [3.63, 3.8) is 0 Å². The Balaban J connectivity index is 1.53. The molecule has 1 fully saturated rings. The Hall–Kier alpha value is -2.20. The number of hydrogen-bond acceptors (Lipinski definition) is 3. The molecule has 2 aliphatic heterocycles. The normalized spacial score (nSPS) is 25.3. The number of nitrogens with one attached hydrogen (secondary N) is 1. The van der Waals surface area contributed by atoms with E-state index in [4.69, 9.17) is 0 Å². The Morgan fingerprint density at radius 3 is 2.62 bits per heavy atom. The summed E-state index contributed by atoms with van der Waals surface area (Å²) in [5, 5.41) is 3.82. The maximum Gasteiger partial charge on any atom is 0.255 e. The zero-order valence-corrected chi connectivity index (χ0v) is 17.8. The molecule has 0 radical (unpaired) electrons. The summed E-state index contributed by atoms with van der Waals surface area (Å²) in [7, 11) is 0. The minimum atomic E-state index is 0.186. The molecule has 0 spiro atoms. The standard InChI is InChI=1S/C25H28N2OS/c1-29-18-13-11-17(12-14-18)23-20-8-5-7-19(20)21-9-6-10-22(24(21)26-23)25(28)27-15-3-2-4-16-27/h5-7,9-14,19-20,23,26H,2-4,8,15-16H2,1H3. The van der Waals surface area contributed by atoms with E-state index >= 15 is 0 Å². The van der Waals surface area contributed by atoms with E-state index in [0.29, 0.717) is 11.8 Å². The summed E-state index contributed by atoms with van der Waals surface area (Å²) >= 11 is 1.77.